The summed E-state index contributed by atoms with van der Waals surface area (Å²) in [6.45, 7) is 9.48. The van der Waals surface area contributed by atoms with Crippen molar-refractivity contribution < 1.29 is 0 Å². The van der Waals surface area contributed by atoms with Gasteiger partial charge in [-0.25, -0.2) is 0 Å². The van der Waals surface area contributed by atoms with Crippen molar-refractivity contribution in [1.82, 2.24) is 25.1 Å². The van der Waals surface area contributed by atoms with Crippen molar-refractivity contribution in [2.75, 3.05) is 19.6 Å². The number of pyridine rings is 1. The summed E-state index contributed by atoms with van der Waals surface area (Å²) in [6, 6.07) is 19.1. The molecule has 1 fully saturated rings. The SMILES string of the molecule is C=C/C(=C\C(=C/C)c1ccc2[nH]nc(-c3cc4c(-c5cccnc5)cccc4[nH]3)c2c1)CN1CCCC1. The zero-order valence-electron chi connectivity index (χ0n) is 21.2. The minimum absolute atomic E-state index is 0.922. The molecular weight excluding hydrogens is 454 g/mol. The molecule has 1 saturated heterocycles. The fraction of sp³-hybridized carbons (Fsp3) is 0.188. The highest BCUT2D eigenvalue weighted by molar-refractivity contribution is 6.01. The summed E-state index contributed by atoms with van der Waals surface area (Å²) in [7, 11) is 0. The lowest BCUT2D eigenvalue weighted by Gasteiger charge is -2.15. The van der Waals surface area contributed by atoms with Gasteiger partial charge < -0.3 is 4.98 Å². The van der Waals surface area contributed by atoms with Crippen molar-refractivity contribution in [3.63, 3.8) is 0 Å². The van der Waals surface area contributed by atoms with Crippen LogP contribution in [0.25, 0.3) is 49.9 Å². The fourth-order valence-corrected chi connectivity index (χ4v) is 5.36. The zero-order valence-corrected chi connectivity index (χ0v) is 21.2. The standard InChI is InChI=1S/C32H31N5/c1-3-22(21-37-15-5-6-16-37)17-23(4-2)24-12-13-30-28(18-24)32(36-35-30)31-19-27-26(10-7-11-29(27)34-31)25-9-8-14-33-20-25/h3-4,7-14,17-20,34H,1,5-6,15-16,21H2,2H3,(H,35,36)/b22-17+,23-4+. The maximum Gasteiger partial charge on any atom is 0.116 e. The average Bonchev–Trinajstić information content (AvgIpc) is 3.70. The number of likely N-dealkylation sites (tertiary alicyclic amines) is 1. The predicted octanol–water partition coefficient (Wildman–Crippen LogP) is 7.38. The second kappa shape index (κ2) is 10.0. The Bertz CT molecular complexity index is 1630. The van der Waals surface area contributed by atoms with Gasteiger partial charge in [0.25, 0.3) is 0 Å². The quantitative estimate of drug-likeness (QED) is 0.236. The van der Waals surface area contributed by atoms with Gasteiger partial charge in [-0.1, -0.05) is 49.1 Å². The maximum atomic E-state index is 4.71. The lowest BCUT2D eigenvalue weighted by atomic mass is 9.99. The molecular formula is C32H31N5. The first-order chi connectivity index (χ1) is 18.2. The predicted molar refractivity (Wildman–Crippen MR) is 154 cm³/mol. The minimum atomic E-state index is 0.922. The third kappa shape index (κ3) is 4.54. The molecule has 0 unspecified atom stereocenters. The molecule has 4 heterocycles. The van der Waals surface area contributed by atoms with Crippen LogP contribution in [-0.2, 0) is 0 Å². The van der Waals surface area contributed by atoms with E-state index in [1.165, 1.54) is 42.6 Å². The first-order valence-corrected chi connectivity index (χ1v) is 13.0. The van der Waals surface area contributed by atoms with Crippen molar-refractivity contribution in [3.05, 3.63) is 103 Å². The summed E-state index contributed by atoms with van der Waals surface area (Å²) in [4.78, 5) is 10.4. The van der Waals surface area contributed by atoms with Crippen LogP contribution in [0.3, 0.4) is 0 Å². The monoisotopic (exact) mass is 485 g/mol. The number of aromatic amines is 2. The average molecular weight is 486 g/mol. The second-order valence-electron chi connectivity index (χ2n) is 9.67. The van der Waals surface area contributed by atoms with Crippen LogP contribution in [0, 0.1) is 0 Å². The maximum absolute atomic E-state index is 4.71. The molecule has 0 atom stereocenters. The number of nitrogens with one attached hydrogen (secondary N) is 2. The molecule has 6 rings (SSSR count). The highest BCUT2D eigenvalue weighted by Gasteiger charge is 2.15. The minimum Gasteiger partial charge on any atom is -0.353 e. The van der Waals surface area contributed by atoms with Crippen LogP contribution >= 0.6 is 0 Å². The molecule has 184 valence electrons. The van der Waals surface area contributed by atoms with Crippen LogP contribution in [-0.4, -0.2) is 44.7 Å². The topological polar surface area (TPSA) is 60.6 Å². The number of fused-ring (bicyclic) bond motifs is 2. The van der Waals surface area contributed by atoms with Gasteiger partial charge in [-0.15, -0.1) is 0 Å². The molecule has 0 saturated carbocycles. The van der Waals surface area contributed by atoms with Crippen molar-refractivity contribution in [1.29, 1.82) is 0 Å². The van der Waals surface area contributed by atoms with Gasteiger partial charge >= 0.3 is 0 Å². The highest BCUT2D eigenvalue weighted by atomic mass is 15.1. The van der Waals surface area contributed by atoms with Gasteiger partial charge in [0.15, 0.2) is 0 Å². The molecule has 0 spiro atoms. The number of H-pyrrole nitrogens is 2. The summed E-state index contributed by atoms with van der Waals surface area (Å²) >= 11 is 0. The molecule has 0 aliphatic carbocycles. The number of hydrogen-bond acceptors (Lipinski definition) is 3. The summed E-state index contributed by atoms with van der Waals surface area (Å²) in [5.41, 5.74) is 9.89. The summed E-state index contributed by atoms with van der Waals surface area (Å²) < 4.78 is 0. The Kier molecular flexibility index (Phi) is 6.29. The van der Waals surface area contributed by atoms with E-state index < -0.39 is 0 Å². The highest BCUT2D eigenvalue weighted by Crippen LogP contribution is 2.34. The van der Waals surface area contributed by atoms with E-state index in [0.29, 0.717) is 0 Å². The Hall–Kier alpha value is -4.22. The second-order valence-corrected chi connectivity index (χ2v) is 9.67. The van der Waals surface area contributed by atoms with Crippen LogP contribution < -0.4 is 0 Å². The van der Waals surface area contributed by atoms with Gasteiger partial charge in [-0.2, -0.15) is 5.10 Å². The first-order valence-electron chi connectivity index (χ1n) is 13.0. The molecule has 2 N–H and O–H groups in total. The number of aromatic nitrogens is 4. The third-order valence-electron chi connectivity index (χ3n) is 7.31. The van der Waals surface area contributed by atoms with Crippen molar-refractivity contribution >= 4 is 27.4 Å². The normalized spacial score (nSPS) is 15.2. The Morgan fingerprint density at radius 3 is 2.70 bits per heavy atom. The van der Waals surface area contributed by atoms with Gasteiger partial charge in [0.05, 0.1) is 11.2 Å². The Morgan fingerprint density at radius 2 is 1.92 bits per heavy atom. The lowest BCUT2D eigenvalue weighted by Crippen LogP contribution is -2.21. The molecule has 5 nitrogen and oxygen atoms in total. The summed E-state index contributed by atoms with van der Waals surface area (Å²) in [5.74, 6) is 0. The molecule has 0 amide bonds. The Morgan fingerprint density at radius 1 is 1.03 bits per heavy atom. The number of rotatable bonds is 7. The molecule has 5 heteroatoms. The van der Waals surface area contributed by atoms with Crippen LogP contribution in [0.5, 0.6) is 0 Å². The zero-order chi connectivity index (χ0) is 25.2. The van der Waals surface area contributed by atoms with E-state index in [4.69, 9.17) is 5.10 Å². The van der Waals surface area contributed by atoms with Gasteiger partial charge in [0.1, 0.15) is 5.69 Å². The molecule has 3 aromatic heterocycles. The number of hydrogen-bond donors (Lipinski definition) is 2. The smallest absolute Gasteiger partial charge is 0.116 e. The Balaban J connectivity index is 1.38. The molecule has 0 bridgehead atoms. The van der Waals surface area contributed by atoms with Gasteiger partial charge in [-0.3, -0.25) is 15.0 Å². The van der Waals surface area contributed by atoms with E-state index in [9.17, 15) is 0 Å². The summed E-state index contributed by atoms with van der Waals surface area (Å²) in [6.07, 6.45) is 12.7. The van der Waals surface area contributed by atoms with Crippen LogP contribution in [0.1, 0.15) is 25.3 Å². The lowest BCUT2D eigenvalue weighted by molar-refractivity contribution is 0.371. The number of benzene rings is 2. The molecule has 1 aliphatic heterocycles. The van der Waals surface area contributed by atoms with E-state index in [0.717, 1.165) is 50.9 Å². The third-order valence-corrected chi connectivity index (χ3v) is 7.31. The van der Waals surface area contributed by atoms with Crippen LogP contribution in [0.4, 0.5) is 0 Å². The number of nitrogens with zero attached hydrogens (tertiary/aromatic N) is 3. The molecule has 0 radical (unpaired) electrons. The van der Waals surface area contributed by atoms with Gasteiger partial charge in [0, 0.05) is 40.8 Å². The van der Waals surface area contributed by atoms with E-state index in [2.05, 4.69) is 94.2 Å². The number of allylic oxidation sites excluding steroid dienone is 3. The largest absolute Gasteiger partial charge is 0.353 e. The van der Waals surface area contributed by atoms with E-state index >= 15 is 0 Å². The van der Waals surface area contributed by atoms with Crippen LogP contribution in [0.15, 0.2) is 97.4 Å². The molecule has 1 aliphatic rings. The van der Waals surface area contributed by atoms with Crippen molar-refractivity contribution in [2.45, 2.75) is 19.8 Å². The fourth-order valence-electron chi connectivity index (χ4n) is 5.36. The van der Waals surface area contributed by atoms with Crippen molar-refractivity contribution in [2.24, 2.45) is 0 Å². The van der Waals surface area contributed by atoms with Gasteiger partial charge in [0.2, 0.25) is 0 Å². The van der Waals surface area contributed by atoms with E-state index in [1.807, 2.05) is 18.3 Å². The molecule has 2 aromatic carbocycles. The first kappa shape index (κ1) is 23.2. The molecule has 5 aromatic rings. The van der Waals surface area contributed by atoms with Crippen molar-refractivity contribution in [3.8, 4) is 22.5 Å². The van der Waals surface area contributed by atoms with E-state index in [-0.39, 0.29) is 0 Å². The van der Waals surface area contributed by atoms with Crippen LogP contribution in [0.2, 0.25) is 0 Å². The van der Waals surface area contributed by atoms with Gasteiger partial charge in [-0.05, 0) is 85.5 Å². The summed E-state index contributed by atoms with van der Waals surface area (Å²) in [5, 5.41) is 10.2. The van der Waals surface area contributed by atoms with E-state index in [1.54, 1.807) is 6.20 Å². The molecule has 37 heavy (non-hydrogen) atoms. The Labute approximate surface area is 217 Å².